The molecule has 0 atom stereocenters. The minimum absolute atomic E-state index is 0.0968. The maximum absolute atomic E-state index is 12.1. The van der Waals surface area contributed by atoms with E-state index in [1.54, 1.807) is 6.07 Å². The first-order chi connectivity index (χ1) is 12.8. The van der Waals surface area contributed by atoms with E-state index in [0.29, 0.717) is 0 Å². The number of hydrogen-bond donors (Lipinski definition) is 1. The first-order valence-electron chi connectivity index (χ1n) is 8.68. The van der Waals surface area contributed by atoms with Crippen LogP contribution in [-0.4, -0.2) is 17.7 Å². The van der Waals surface area contributed by atoms with Crippen LogP contribution in [0.5, 0.6) is 17.2 Å². The SMILES string of the molecule is CC(=O)Oc1cccc2oc(=O)c(OCC=C(C)CCC=C(C)C)c(O)c12. The maximum Gasteiger partial charge on any atom is 0.383 e. The molecule has 0 bridgehead atoms. The van der Waals surface area contributed by atoms with E-state index >= 15 is 0 Å². The minimum atomic E-state index is -0.796. The quantitative estimate of drug-likeness (QED) is 0.333. The summed E-state index contributed by atoms with van der Waals surface area (Å²) in [6.45, 7) is 7.43. The molecular weight excluding hydrogens is 348 g/mol. The third-order valence-electron chi connectivity index (χ3n) is 3.83. The van der Waals surface area contributed by atoms with Crippen molar-refractivity contribution < 1.29 is 23.8 Å². The Morgan fingerprint density at radius 1 is 1.19 bits per heavy atom. The Balaban J connectivity index is 2.24. The molecule has 0 aliphatic heterocycles. The molecule has 0 aliphatic carbocycles. The second-order valence-corrected chi connectivity index (χ2v) is 6.47. The van der Waals surface area contributed by atoms with E-state index in [0.717, 1.165) is 18.4 Å². The average molecular weight is 372 g/mol. The van der Waals surface area contributed by atoms with Crippen LogP contribution in [0, 0.1) is 0 Å². The smallest absolute Gasteiger partial charge is 0.383 e. The number of allylic oxidation sites excluding steroid dienone is 3. The zero-order valence-corrected chi connectivity index (χ0v) is 16.0. The second-order valence-electron chi connectivity index (χ2n) is 6.47. The van der Waals surface area contributed by atoms with Crippen LogP contribution in [0.15, 0.2) is 50.7 Å². The van der Waals surface area contributed by atoms with Gasteiger partial charge in [-0.15, -0.1) is 0 Å². The van der Waals surface area contributed by atoms with E-state index in [4.69, 9.17) is 13.9 Å². The molecule has 2 rings (SSSR count). The predicted octanol–water partition coefficient (Wildman–Crippen LogP) is 4.50. The fraction of sp³-hybridized carbons (Fsp3) is 0.333. The topological polar surface area (TPSA) is 86.0 Å². The van der Waals surface area contributed by atoms with Crippen molar-refractivity contribution in [3.05, 3.63) is 51.9 Å². The van der Waals surface area contributed by atoms with Crippen LogP contribution >= 0.6 is 0 Å². The highest BCUT2D eigenvalue weighted by Gasteiger charge is 2.19. The molecule has 0 fully saturated rings. The van der Waals surface area contributed by atoms with Crippen LogP contribution in [0.1, 0.15) is 40.5 Å². The van der Waals surface area contributed by atoms with Gasteiger partial charge >= 0.3 is 11.6 Å². The fourth-order valence-electron chi connectivity index (χ4n) is 2.51. The van der Waals surface area contributed by atoms with Crippen LogP contribution in [0.4, 0.5) is 0 Å². The molecule has 6 nitrogen and oxygen atoms in total. The largest absolute Gasteiger partial charge is 0.503 e. The molecule has 1 N–H and O–H groups in total. The van der Waals surface area contributed by atoms with Crippen molar-refractivity contribution in [2.75, 3.05) is 6.61 Å². The zero-order valence-electron chi connectivity index (χ0n) is 16.0. The van der Waals surface area contributed by atoms with Gasteiger partial charge in [-0.2, -0.15) is 0 Å². The number of ether oxygens (including phenoxy) is 2. The molecule has 1 heterocycles. The van der Waals surface area contributed by atoms with E-state index in [2.05, 4.69) is 6.08 Å². The number of hydrogen-bond acceptors (Lipinski definition) is 6. The van der Waals surface area contributed by atoms with E-state index < -0.39 is 17.3 Å². The van der Waals surface area contributed by atoms with Crippen molar-refractivity contribution in [1.82, 2.24) is 0 Å². The number of carbonyl (C=O) groups excluding carboxylic acids is 1. The summed E-state index contributed by atoms with van der Waals surface area (Å²) in [6, 6.07) is 4.56. The zero-order chi connectivity index (χ0) is 20.0. The number of benzene rings is 1. The molecule has 1 aromatic heterocycles. The Labute approximate surface area is 157 Å². The second kappa shape index (κ2) is 9.07. The molecule has 6 heteroatoms. The van der Waals surface area contributed by atoms with Gasteiger partial charge in [0.2, 0.25) is 5.75 Å². The number of aromatic hydroxyl groups is 1. The van der Waals surface area contributed by atoms with Gasteiger partial charge in [-0.05, 0) is 51.8 Å². The van der Waals surface area contributed by atoms with Crippen LogP contribution < -0.4 is 15.1 Å². The fourth-order valence-corrected chi connectivity index (χ4v) is 2.51. The van der Waals surface area contributed by atoms with Crippen LogP contribution in [0.3, 0.4) is 0 Å². The minimum Gasteiger partial charge on any atom is -0.503 e. The Morgan fingerprint density at radius 2 is 1.93 bits per heavy atom. The molecule has 0 unspecified atom stereocenters. The van der Waals surface area contributed by atoms with E-state index in [-0.39, 0.29) is 29.1 Å². The predicted molar refractivity (Wildman–Crippen MR) is 103 cm³/mol. The lowest BCUT2D eigenvalue weighted by Gasteiger charge is -2.10. The summed E-state index contributed by atoms with van der Waals surface area (Å²) >= 11 is 0. The van der Waals surface area contributed by atoms with Crippen LogP contribution in [0.25, 0.3) is 11.0 Å². The first kappa shape index (κ1) is 20.3. The third kappa shape index (κ3) is 5.48. The van der Waals surface area contributed by atoms with Crippen molar-refractivity contribution >= 4 is 16.9 Å². The summed E-state index contributed by atoms with van der Waals surface area (Å²) < 4.78 is 15.7. The number of carbonyl (C=O) groups is 1. The molecule has 0 spiro atoms. The number of esters is 1. The van der Waals surface area contributed by atoms with Gasteiger partial charge in [0, 0.05) is 6.92 Å². The van der Waals surface area contributed by atoms with Gasteiger partial charge in [0.1, 0.15) is 23.3 Å². The molecule has 0 saturated carbocycles. The van der Waals surface area contributed by atoms with Gasteiger partial charge in [0.05, 0.1) is 0 Å². The normalized spacial score (nSPS) is 11.3. The lowest BCUT2D eigenvalue weighted by Crippen LogP contribution is -2.09. The van der Waals surface area contributed by atoms with Gasteiger partial charge in [0.25, 0.3) is 0 Å². The van der Waals surface area contributed by atoms with Crippen molar-refractivity contribution in [3.8, 4) is 17.2 Å². The Hall–Kier alpha value is -3.02. The van der Waals surface area contributed by atoms with Crippen molar-refractivity contribution in [2.24, 2.45) is 0 Å². The molecule has 0 amide bonds. The van der Waals surface area contributed by atoms with Gasteiger partial charge < -0.3 is 19.0 Å². The molecule has 1 aromatic carbocycles. The van der Waals surface area contributed by atoms with Crippen LogP contribution in [0.2, 0.25) is 0 Å². The molecular formula is C21H24O6. The summed E-state index contributed by atoms with van der Waals surface area (Å²) in [5.74, 6) is -1.17. The molecule has 144 valence electrons. The summed E-state index contributed by atoms with van der Waals surface area (Å²) in [7, 11) is 0. The van der Waals surface area contributed by atoms with Crippen molar-refractivity contribution in [2.45, 2.75) is 40.5 Å². The van der Waals surface area contributed by atoms with E-state index in [1.807, 2.05) is 26.8 Å². The Morgan fingerprint density at radius 3 is 2.59 bits per heavy atom. The molecule has 2 aromatic rings. The van der Waals surface area contributed by atoms with Gasteiger partial charge in [0.15, 0.2) is 5.75 Å². The average Bonchev–Trinajstić information content (AvgIpc) is 2.56. The first-order valence-corrected chi connectivity index (χ1v) is 8.68. The van der Waals surface area contributed by atoms with Crippen molar-refractivity contribution in [1.29, 1.82) is 0 Å². The van der Waals surface area contributed by atoms with Gasteiger partial charge in [-0.1, -0.05) is 23.3 Å². The molecule has 0 radical (unpaired) electrons. The van der Waals surface area contributed by atoms with Gasteiger partial charge in [-0.25, -0.2) is 4.79 Å². The van der Waals surface area contributed by atoms with E-state index in [1.165, 1.54) is 24.6 Å². The monoisotopic (exact) mass is 372 g/mol. The molecule has 27 heavy (non-hydrogen) atoms. The third-order valence-corrected chi connectivity index (χ3v) is 3.83. The molecule has 0 aliphatic rings. The maximum atomic E-state index is 12.1. The van der Waals surface area contributed by atoms with E-state index in [9.17, 15) is 14.7 Å². The highest BCUT2D eigenvalue weighted by Crippen LogP contribution is 2.37. The summed E-state index contributed by atoms with van der Waals surface area (Å²) in [5.41, 5.74) is 1.69. The lowest BCUT2D eigenvalue weighted by atomic mass is 10.1. The highest BCUT2D eigenvalue weighted by atomic mass is 16.5. The van der Waals surface area contributed by atoms with Crippen molar-refractivity contribution in [3.63, 3.8) is 0 Å². The molecule has 0 saturated heterocycles. The lowest BCUT2D eigenvalue weighted by molar-refractivity contribution is -0.131. The number of fused-ring (bicyclic) bond motifs is 1. The Kier molecular flexibility index (Phi) is 6.82. The van der Waals surface area contributed by atoms with Crippen LogP contribution in [-0.2, 0) is 4.79 Å². The summed E-state index contributed by atoms with van der Waals surface area (Å²) in [5, 5.41) is 10.6. The highest BCUT2D eigenvalue weighted by molar-refractivity contribution is 5.92. The summed E-state index contributed by atoms with van der Waals surface area (Å²) in [6.07, 6.45) is 5.81. The Bertz CT molecular complexity index is 945. The number of rotatable bonds is 7. The standard InChI is InChI=1S/C21H24O6/c1-13(2)7-5-8-14(3)11-12-25-20-19(23)18-16(26-15(4)22)9-6-10-17(18)27-21(20)24/h6-7,9-11,23H,5,8,12H2,1-4H3. The van der Waals surface area contributed by atoms with Gasteiger partial charge in [-0.3, -0.25) is 4.79 Å². The summed E-state index contributed by atoms with van der Waals surface area (Å²) in [4.78, 5) is 23.4.